The molecule has 1 aliphatic rings. The van der Waals surface area contributed by atoms with Gasteiger partial charge in [0.25, 0.3) is 0 Å². The van der Waals surface area contributed by atoms with E-state index >= 15 is 0 Å². The Morgan fingerprint density at radius 2 is 2.24 bits per heavy atom. The van der Waals surface area contributed by atoms with Crippen molar-refractivity contribution in [1.29, 1.82) is 0 Å². The molecule has 0 spiro atoms. The zero-order valence-corrected chi connectivity index (χ0v) is 9.51. The summed E-state index contributed by atoms with van der Waals surface area (Å²) in [4.78, 5) is 11.3. The highest BCUT2D eigenvalue weighted by molar-refractivity contribution is 5.74. The Kier molecular flexibility index (Phi) is 3.49. The van der Waals surface area contributed by atoms with Gasteiger partial charge in [-0.25, -0.2) is 4.79 Å². The van der Waals surface area contributed by atoms with Crippen molar-refractivity contribution in [3.8, 4) is 11.5 Å². The van der Waals surface area contributed by atoms with E-state index in [4.69, 9.17) is 14.2 Å². The third-order valence-corrected chi connectivity index (χ3v) is 2.42. The number of hydrogen-bond acceptors (Lipinski definition) is 5. The van der Waals surface area contributed by atoms with Gasteiger partial charge in [0.2, 0.25) is 6.79 Å². The Balaban J connectivity index is 2.01. The van der Waals surface area contributed by atoms with Gasteiger partial charge in [-0.1, -0.05) is 6.07 Å². The summed E-state index contributed by atoms with van der Waals surface area (Å²) in [6.07, 6.45) is -0.939. The predicted molar refractivity (Wildman–Crippen MR) is 58.9 cm³/mol. The van der Waals surface area contributed by atoms with E-state index in [0.29, 0.717) is 11.5 Å². The average molecular weight is 238 g/mol. The average Bonchev–Trinajstić information content (AvgIpc) is 2.76. The van der Waals surface area contributed by atoms with E-state index in [-0.39, 0.29) is 19.8 Å². The number of carbonyl (C=O) groups is 1. The van der Waals surface area contributed by atoms with Crippen LogP contribution in [0.3, 0.4) is 0 Å². The highest BCUT2D eigenvalue weighted by atomic mass is 16.7. The number of benzene rings is 1. The Morgan fingerprint density at radius 1 is 1.47 bits per heavy atom. The summed E-state index contributed by atoms with van der Waals surface area (Å²) in [5.74, 6) is 0.711. The van der Waals surface area contributed by atoms with Crippen LogP contribution in [-0.4, -0.2) is 30.6 Å². The van der Waals surface area contributed by atoms with Crippen molar-refractivity contribution in [3.63, 3.8) is 0 Å². The summed E-state index contributed by atoms with van der Waals surface area (Å²) in [6.45, 7) is 2.17. The Labute approximate surface area is 98.9 Å². The van der Waals surface area contributed by atoms with E-state index in [1.54, 1.807) is 25.1 Å². The summed E-state index contributed by atoms with van der Waals surface area (Å²) < 4.78 is 15.1. The van der Waals surface area contributed by atoms with Crippen molar-refractivity contribution < 1.29 is 24.1 Å². The molecule has 1 aliphatic heterocycles. The number of fused-ring (bicyclic) bond motifs is 1. The molecule has 0 saturated heterocycles. The molecule has 2 rings (SSSR count). The maximum Gasteiger partial charge on any atom is 0.335 e. The number of hydrogen-bond donors (Lipinski definition) is 1. The lowest BCUT2D eigenvalue weighted by Gasteiger charge is -2.09. The zero-order valence-electron chi connectivity index (χ0n) is 9.51. The monoisotopic (exact) mass is 238 g/mol. The third kappa shape index (κ3) is 2.68. The molecule has 1 N–H and O–H groups in total. The van der Waals surface area contributed by atoms with Crippen LogP contribution in [0.5, 0.6) is 11.5 Å². The number of aliphatic hydroxyl groups is 1. The molecule has 5 heteroatoms. The Hall–Kier alpha value is -1.75. The lowest BCUT2D eigenvalue weighted by Crippen LogP contribution is -2.25. The highest BCUT2D eigenvalue weighted by Gasteiger charge is 2.19. The minimum Gasteiger partial charge on any atom is -0.464 e. The standard InChI is InChI=1S/C12H14O5/c1-2-15-12(14)9(13)5-8-3-4-10-11(6-8)17-7-16-10/h3-4,6,9,13H,2,5,7H2,1H3. The van der Waals surface area contributed by atoms with Gasteiger partial charge >= 0.3 is 5.97 Å². The minimum absolute atomic E-state index is 0.204. The van der Waals surface area contributed by atoms with E-state index in [2.05, 4.69) is 0 Å². The van der Waals surface area contributed by atoms with Gasteiger partial charge in [-0.15, -0.1) is 0 Å². The fourth-order valence-corrected chi connectivity index (χ4v) is 1.61. The van der Waals surface area contributed by atoms with Gasteiger partial charge in [-0.05, 0) is 24.6 Å². The smallest absolute Gasteiger partial charge is 0.335 e. The molecular weight excluding hydrogens is 224 g/mol. The SMILES string of the molecule is CCOC(=O)C(O)Cc1ccc2c(c1)OCO2. The van der Waals surface area contributed by atoms with Gasteiger partial charge in [-0.2, -0.15) is 0 Å². The normalized spacial score (nSPS) is 14.5. The molecule has 0 radical (unpaired) electrons. The number of ether oxygens (including phenoxy) is 3. The molecule has 17 heavy (non-hydrogen) atoms. The molecule has 0 aliphatic carbocycles. The van der Waals surface area contributed by atoms with Crippen molar-refractivity contribution in [1.82, 2.24) is 0 Å². The molecule has 1 atom stereocenters. The van der Waals surface area contributed by atoms with Crippen LogP contribution in [0.15, 0.2) is 18.2 Å². The second-order valence-corrected chi connectivity index (χ2v) is 3.66. The second kappa shape index (κ2) is 5.05. The molecular formula is C12H14O5. The quantitative estimate of drug-likeness (QED) is 0.789. The Morgan fingerprint density at radius 3 is 3.00 bits per heavy atom. The molecule has 0 bridgehead atoms. The fraction of sp³-hybridized carbons (Fsp3) is 0.417. The largest absolute Gasteiger partial charge is 0.464 e. The van der Waals surface area contributed by atoms with Crippen LogP contribution in [0, 0.1) is 0 Å². The highest BCUT2D eigenvalue weighted by Crippen LogP contribution is 2.32. The third-order valence-electron chi connectivity index (χ3n) is 2.42. The summed E-state index contributed by atoms with van der Waals surface area (Å²) >= 11 is 0. The van der Waals surface area contributed by atoms with Crippen molar-refractivity contribution >= 4 is 5.97 Å². The van der Waals surface area contributed by atoms with Crippen LogP contribution in [-0.2, 0) is 16.0 Å². The maximum absolute atomic E-state index is 11.3. The predicted octanol–water partition coefficient (Wildman–Crippen LogP) is 0.882. The molecule has 92 valence electrons. The first kappa shape index (κ1) is 11.7. The molecule has 0 saturated carbocycles. The Bertz CT molecular complexity index is 415. The van der Waals surface area contributed by atoms with Gasteiger partial charge in [0.1, 0.15) is 0 Å². The number of carbonyl (C=O) groups excluding carboxylic acids is 1. The first-order valence-electron chi connectivity index (χ1n) is 5.44. The van der Waals surface area contributed by atoms with Crippen molar-refractivity contribution in [2.45, 2.75) is 19.4 Å². The molecule has 1 heterocycles. The number of esters is 1. The molecule has 1 aromatic carbocycles. The van der Waals surface area contributed by atoms with E-state index in [1.165, 1.54) is 0 Å². The van der Waals surface area contributed by atoms with E-state index in [1.807, 2.05) is 0 Å². The van der Waals surface area contributed by atoms with Crippen LogP contribution < -0.4 is 9.47 Å². The lowest BCUT2D eigenvalue weighted by atomic mass is 10.1. The van der Waals surface area contributed by atoms with E-state index in [0.717, 1.165) is 5.56 Å². The summed E-state index contributed by atoms with van der Waals surface area (Å²) in [7, 11) is 0. The number of rotatable bonds is 4. The van der Waals surface area contributed by atoms with Crippen LogP contribution in [0.2, 0.25) is 0 Å². The van der Waals surface area contributed by atoms with Gasteiger partial charge < -0.3 is 19.3 Å². The molecule has 1 aromatic rings. The second-order valence-electron chi connectivity index (χ2n) is 3.66. The fourth-order valence-electron chi connectivity index (χ4n) is 1.61. The van der Waals surface area contributed by atoms with Crippen LogP contribution in [0.1, 0.15) is 12.5 Å². The van der Waals surface area contributed by atoms with Gasteiger partial charge in [0, 0.05) is 6.42 Å². The van der Waals surface area contributed by atoms with Crippen LogP contribution in [0.4, 0.5) is 0 Å². The number of aliphatic hydroxyl groups excluding tert-OH is 1. The molecule has 1 unspecified atom stereocenters. The van der Waals surface area contributed by atoms with Gasteiger partial charge in [-0.3, -0.25) is 0 Å². The van der Waals surface area contributed by atoms with E-state index in [9.17, 15) is 9.90 Å². The van der Waals surface area contributed by atoms with Crippen molar-refractivity contribution in [3.05, 3.63) is 23.8 Å². The summed E-state index contributed by atoms with van der Waals surface area (Å²) in [5, 5.41) is 9.60. The minimum atomic E-state index is -1.14. The maximum atomic E-state index is 11.3. The first-order valence-corrected chi connectivity index (χ1v) is 5.44. The van der Waals surface area contributed by atoms with Crippen LogP contribution in [0.25, 0.3) is 0 Å². The molecule has 0 aromatic heterocycles. The van der Waals surface area contributed by atoms with Gasteiger partial charge in [0.15, 0.2) is 17.6 Å². The zero-order chi connectivity index (χ0) is 12.3. The molecule has 0 amide bonds. The van der Waals surface area contributed by atoms with Crippen molar-refractivity contribution in [2.24, 2.45) is 0 Å². The lowest BCUT2D eigenvalue weighted by molar-refractivity contribution is -0.152. The van der Waals surface area contributed by atoms with Crippen LogP contribution >= 0.6 is 0 Å². The molecule has 5 nitrogen and oxygen atoms in total. The topological polar surface area (TPSA) is 65.0 Å². The summed E-state index contributed by atoms with van der Waals surface area (Å²) in [5.41, 5.74) is 0.801. The molecule has 0 fully saturated rings. The van der Waals surface area contributed by atoms with Crippen molar-refractivity contribution in [2.75, 3.05) is 13.4 Å². The first-order chi connectivity index (χ1) is 8.20. The summed E-state index contributed by atoms with van der Waals surface area (Å²) in [6, 6.07) is 5.30. The van der Waals surface area contributed by atoms with E-state index < -0.39 is 12.1 Å². The van der Waals surface area contributed by atoms with Gasteiger partial charge in [0.05, 0.1) is 6.61 Å².